The van der Waals surface area contributed by atoms with E-state index in [2.05, 4.69) is 16.0 Å². The molecular weight excluding hydrogens is 437 g/mol. The van der Waals surface area contributed by atoms with E-state index < -0.39 is 0 Å². The molecule has 1 heterocycles. The number of benzene rings is 3. The van der Waals surface area contributed by atoms with E-state index >= 15 is 0 Å². The molecule has 0 saturated heterocycles. The van der Waals surface area contributed by atoms with Crippen molar-refractivity contribution in [3.05, 3.63) is 92.8 Å². The molecule has 0 unspecified atom stereocenters. The predicted molar refractivity (Wildman–Crippen MR) is 123 cm³/mol. The Bertz CT molecular complexity index is 1240. The highest BCUT2D eigenvalue weighted by Crippen LogP contribution is 2.31. The van der Waals surface area contributed by atoms with Crippen LogP contribution in [0.2, 0.25) is 10.0 Å². The molecule has 30 heavy (non-hydrogen) atoms. The van der Waals surface area contributed by atoms with E-state index in [0.29, 0.717) is 38.0 Å². The van der Waals surface area contributed by atoms with Crippen LogP contribution >= 0.6 is 35.0 Å². The van der Waals surface area contributed by atoms with Gasteiger partial charge in [-0.3, -0.25) is 0 Å². The lowest BCUT2D eigenvalue weighted by molar-refractivity contribution is 0.305. The number of para-hydroxylation sites is 2. The van der Waals surface area contributed by atoms with Crippen LogP contribution in [0.1, 0.15) is 11.1 Å². The van der Waals surface area contributed by atoms with Gasteiger partial charge < -0.3 is 9.72 Å². The molecule has 0 fully saturated rings. The van der Waals surface area contributed by atoms with Gasteiger partial charge in [0.25, 0.3) is 0 Å². The summed E-state index contributed by atoms with van der Waals surface area (Å²) in [4.78, 5) is 8.19. The van der Waals surface area contributed by atoms with Gasteiger partial charge in [0.1, 0.15) is 18.4 Å². The number of nitrogens with zero attached hydrogens (tertiary/aromatic N) is 2. The molecule has 1 aromatic heterocycles. The third kappa shape index (κ3) is 4.98. The number of H-pyrrole nitrogens is 1. The lowest BCUT2D eigenvalue weighted by Gasteiger charge is -2.10. The molecule has 0 aliphatic carbocycles. The Morgan fingerprint density at radius 2 is 1.90 bits per heavy atom. The van der Waals surface area contributed by atoms with E-state index in [9.17, 15) is 5.26 Å². The number of fused-ring (bicyclic) bond motifs is 1. The van der Waals surface area contributed by atoms with Crippen molar-refractivity contribution < 1.29 is 4.74 Å². The number of ether oxygens (including phenoxy) is 1. The average Bonchev–Trinajstić information content (AvgIpc) is 3.15. The Morgan fingerprint density at radius 1 is 1.07 bits per heavy atom. The van der Waals surface area contributed by atoms with Crippen molar-refractivity contribution in [3.63, 3.8) is 0 Å². The lowest BCUT2D eigenvalue weighted by atomic mass is 10.2. The number of imidazole rings is 1. The zero-order valence-corrected chi connectivity index (χ0v) is 17.9. The molecule has 0 saturated carbocycles. The van der Waals surface area contributed by atoms with Crippen LogP contribution in [0.15, 0.2) is 76.8 Å². The first-order valence-electron chi connectivity index (χ1n) is 9.02. The number of aromatic amines is 1. The Kier molecular flexibility index (Phi) is 6.29. The summed E-state index contributed by atoms with van der Waals surface area (Å²) in [6.07, 6.45) is 1.75. The van der Waals surface area contributed by atoms with Gasteiger partial charge in [-0.1, -0.05) is 47.5 Å². The number of allylic oxidation sites excluding steroid dienone is 1. The van der Waals surface area contributed by atoms with Crippen molar-refractivity contribution in [2.24, 2.45) is 0 Å². The third-order valence-electron chi connectivity index (χ3n) is 4.23. The highest BCUT2D eigenvalue weighted by molar-refractivity contribution is 8.03. The SMILES string of the molecule is N#C/C(=C\c1cc(Cl)ccc1OCc1cccc(Cl)c1)Sc1nc2ccccc2[nH]1. The van der Waals surface area contributed by atoms with Crippen molar-refractivity contribution in [2.45, 2.75) is 11.8 Å². The maximum atomic E-state index is 9.65. The van der Waals surface area contributed by atoms with Gasteiger partial charge in [0.2, 0.25) is 0 Å². The van der Waals surface area contributed by atoms with Crippen molar-refractivity contribution in [1.82, 2.24) is 9.97 Å². The summed E-state index contributed by atoms with van der Waals surface area (Å²) in [6, 6.07) is 22.7. The highest BCUT2D eigenvalue weighted by Gasteiger charge is 2.10. The molecular formula is C23H15Cl2N3OS. The van der Waals surface area contributed by atoms with Gasteiger partial charge in [0.15, 0.2) is 5.16 Å². The van der Waals surface area contributed by atoms with Gasteiger partial charge >= 0.3 is 0 Å². The van der Waals surface area contributed by atoms with E-state index in [1.807, 2.05) is 48.5 Å². The first-order valence-corrected chi connectivity index (χ1v) is 10.6. The van der Waals surface area contributed by atoms with Crippen LogP contribution in [0.3, 0.4) is 0 Å². The van der Waals surface area contributed by atoms with Gasteiger partial charge in [0.05, 0.1) is 15.9 Å². The molecule has 148 valence electrons. The smallest absolute Gasteiger partial charge is 0.171 e. The van der Waals surface area contributed by atoms with E-state index in [4.69, 9.17) is 27.9 Å². The number of thioether (sulfide) groups is 1. The minimum Gasteiger partial charge on any atom is -0.488 e. The minimum atomic E-state index is 0.349. The Labute approximate surface area is 188 Å². The summed E-state index contributed by atoms with van der Waals surface area (Å²) in [7, 11) is 0. The highest BCUT2D eigenvalue weighted by atomic mass is 35.5. The molecule has 3 aromatic carbocycles. The first-order chi connectivity index (χ1) is 14.6. The second-order valence-corrected chi connectivity index (χ2v) is 8.29. The summed E-state index contributed by atoms with van der Waals surface area (Å²) in [6.45, 7) is 0.349. The van der Waals surface area contributed by atoms with Gasteiger partial charge in [-0.25, -0.2) is 4.98 Å². The Hall–Kier alpha value is -2.91. The number of aromatic nitrogens is 2. The summed E-state index contributed by atoms with van der Waals surface area (Å²) in [5.41, 5.74) is 3.44. The maximum absolute atomic E-state index is 9.65. The van der Waals surface area contributed by atoms with Crippen LogP contribution < -0.4 is 4.74 Å². The van der Waals surface area contributed by atoms with Gasteiger partial charge in [0, 0.05) is 15.6 Å². The monoisotopic (exact) mass is 451 g/mol. The molecule has 0 bridgehead atoms. The lowest BCUT2D eigenvalue weighted by Crippen LogP contribution is -1.97. The van der Waals surface area contributed by atoms with Gasteiger partial charge in [-0.2, -0.15) is 5.26 Å². The molecule has 0 atom stereocenters. The van der Waals surface area contributed by atoms with Crippen LogP contribution in [-0.2, 0) is 6.61 Å². The molecule has 4 aromatic rings. The van der Waals surface area contributed by atoms with Gasteiger partial charge in [-0.15, -0.1) is 0 Å². The summed E-state index contributed by atoms with van der Waals surface area (Å²) in [5, 5.41) is 11.5. The summed E-state index contributed by atoms with van der Waals surface area (Å²) < 4.78 is 5.97. The Balaban J connectivity index is 1.58. The fourth-order valence-electron chi connectivity index (χ4n) is 2.86. The van der Waals surface area contributed by atoms with Crippen LogP contribution in [0.25, 0.3) is 17.1 Å². The van der Waals surface area contributed by atoms with E-state index in [0.717, 1.165) is 16.6 Å². The molecule has 4 rings (SSSR count). The number of nitrogens with one attached hydrogen (secondary N) is 1. The van der Waals surface area contributed by atoms with Crippen molar-refractivity contribution in [1.29, 1.82) is 5.26 Å². The normalized spacial score (nSPS) is 11.4. The third-order valence-corrected chi connectivity index (χ3v) is 5.51. The first kappa shape index (κ1) is 20.4. The van der Waals surface area contributed by atoms with Crippen LogP contribution in [0.5, 0.6) is 5.75 Å². The zero-order chi connectivity index (χ0) is 20.9. The second-order valence-electron chi connectivity index (χ2n) is 6.38. The minimum absolute atomic E-state index is 0.349. The van der Waals surface area contributed by atoms with Crippen molar-refractivity contribution in [2.75, 3.05) is 0 Å². The molecule has 0 radical (unpaired) electrons. The maximum Gasteiger partial charge on any atom is 0.171 e. The molecule has 1 N–H and O–H groups in total. The zero-order valence-electron chi connectivity index (χ0n) is 15.6. The fraction of sp³-hybridized carbons (Fsp3) is 0.0435. The number of nitriles is 1. The van der Waals surface area contributed by atoms with E-state index in [1.54, 1.807) is 24.3 Å². The van der Waals surface area contributed by atoms with Crippen molar-refractivity contribution >= 4 is 52.1 Å². The van der Waals surface area contributed by atoms with Crippen LogP contribution in [-0.4, -0.2) is 9.97 Å². The van der Waals surface area contributed by atoms with Crippen LogP contribution in [0.4, 0.5) is 0 Å². The predicted octanol–water partition coefficient (Wildman–Crippen LogP) is 7.11. The van der Waals surface area contributed by atoms with E-state index in [-0.39, 0.29) is 0 Å². The molecule has 0 spiro atoms. The van der Waals surface area contributed by atoms with Crippen molar-refractivity contribution in [3.8, 4) is 11.8 Å². The number of hydrogen-bond acceptors (Lipinski definition) is 4. The second kappa shape index (κ2) is 9.27. The largest absolute Gasteiger partial charge is 0.488 e. The average molecular weight is 452 g/mol. The molecule has 7 heteroatoms. The fourth-order valence-corrected chi connectivity index (χ4v) is 4.00. The number of halogens is 2. The van der Waals surface area contributed by atoms with E-state index in [1.165, 1.54) is 11.8 Å². The summed E-state index contributed by atoms with van der Waals surface area (Å²) in [5.74, 6) is 0.623. The molecule has 4 nitrogen and oxygen atoms in total. The van der Waals surface area contributed by atoms with Gasteiger partial charge in [-0.05, 0) is 65.9 Å². The molecule has 0 amide bonds. The standard InChI is InChI=1S/C23H15Cl2N3OS/c24-17-5-3-4-15(10-17)14-29-22-9-8-18(25)11-16(22)12-19(13-26)30-23-27-20-6-1-2-7-21(20)28-23/h1-12H,14H2,(H,27,28)/b19-12+. The molecule has 0 aliphatic heterocycles. The Morgan fingerprint density at radius 3 is 2.70 bits per heavy atom. The number of rotatable bonds is 6. The number of hydrogen-bond donors (Lipinski definition) is 1. The van der Waals surface area contributed by atoms with Crippen LogP contribution in [0, 0.1) is 11.3 Å². The summed E-state index contributed by atoms with van der Waals surface area (Å²) >= 11 is 13.5. The molecule has 0 aliphatic rings. The quantitative estimate of drug-likeness (QED) is 0.250. The topological polar surface area (TPSA) is 61.7 Å².